The largest absolute Gasteiger partial charge is 0.504 e. The van der Waals surface area contributed by atoms with Crippen LogP contribution in [0.25, 0.3) is 0 Å². The van der Waals surface area contributed by atoms with E-state index >= 15 is 0 Å². The molecule has 0 aliphatic heterocycles. The Balaban J connectivity index is 3.17. The molecule has 0 saturated heterocycles. The second-order valence-corrected chi connectivity index (χ2v) is 3.16. The molecule has 0 amide bonds. The highest BCUT2D eigenvalue weighted by atomic mass is 35.5. The molecule has 1 aromatic rings. The van der Waals surface area contributed by atoms with Crippen molar-refractivity contribution in [2.24, 2.45) is 5.73 Å². The lowest BCUT2D eigenvalue weighted by Crippen LogP contribution is -2.08. The van der Waals surface area contributed by atoms with Crippen LogP contribution in [-0.4, -0.2) is 18.8 Å². The van der Waals surface area contributed by atoms with Crippen molar-refractivity contribution in [1.29, 1.82) is 0 Å². The third-order valence-electron chi connectivity index (χ3n) is 1.84. The summed E-state index contributed by atoms with van der Waals surface area (Å²) in [4.78, 5) is 0. The highest BCUT2D eigenvalue weighted by Gasteiger charge is 2.15. The van der Waals surface area contributed by atoms with Crippen LogP contribution in [0.15, 0.2) is 12.1 Å². The van der Waals surface area contributed by atoms with Crippen molar-refractivity contribution in [2.75, 3.05) is 13.7 Å². The molecule has 3 nitrogen and oxygen atoms in total. The van der Waals surface area contributed by atoms with E-state index in [1.807, 2.05) is 0 Å². The molecular weight excluding hydrogens is 209 g/mol. The molecule has 1 rings (SSSR count). The second-order valence-electron chi connectivity index (χ2n) is 2.75. The number of alkyl halides is 1. The molecule has 0 spiro atoms. The van der Waals surface area contributed by atoms with Gasteiger partial charge in [0.2, 0.25) is 0 Å². The Hall–Kier alpha value is -1.00. The van der Waals surface area contributed by atoms with Gasteiger partial charge in [-0.1, -0.05) is 11.6 Å². The molecule has 1 atom stereocenters. The van der Waals surface area contributed by atoms with Crippen LogP contribution in [0.4, 0.5) is 4.39 Å². The van der Waals surface area contributed by atoms with E-state index in [0.29, 0.717) is 0 Å². The minimum atomic E-state index is -1.35. The molecule has 0 radical (unpaired) electrons. The maximum absolute atomic E-state index is 13.2. The molecule has 0 heterocycles. The van der Waals surface area contributed by atoms with Crippen LogP contribution >= 0.6 is 11.6 Å². The fourth-order valence-corrected chi connectivity index (χ4v) is 1.37. The third-order valence-corrected chi connectivity index (χ3v) is 2.17. The average Bonchev–Trinajstić information content (AvgIpc) is 2.17. The van der Waals surface area contributed by atoms with E-state index in [9.17, 15) is 9.50 Å². The fourth-order valence-electron chi connectivity index (χ4n) is 1.09. The van der Waals surface area contributed by atoms with E-state index in [-0.39, 0.29) is 28.6 Å². The minimum Gasteiger partial charge on any atom is -0.504 e. The summed E-state index contributed by atoms with van der Waals surface area (Å²) in [7, 11) is 1.38. The van der Waals surface area contributed by atoms with Crippen molar-refractivity contribution >= 4 is 11.6 Å². The Bertz CT molecular complexity index is 333. The number of benzene rings is 1. The highest BCUT2D eigenvalue weighted by Crippen LogP contribution is 2.35. The highest BCUT2D eigenvalue weighted by molar-refractivity contribution is 6.31. The molecule has 1 unspecified atom stereocenters. The van der Waals surface area contributed by atoms with Gasteiger partial charge in [-0.2, -0.15) is 0 Å². The quantitative estimate of drug-likeness (QED) is 0.818. The van der Waals surface area contributed by atoms with Crippen LogP contribution in [0.2, 0.25) is 5.02 Å². The first-order chi connectivity index (χ1) is 6.60. The molecule has 78 valence electrons. The summed E-state index contributed by atoms with van der Waals surface area (Å²) < 4.78 is 18.0. The van der Waals surface area contributed by atoms with E-state index < -0.39 is 6.17 Å². The topological polar surface area (TPSA) is 55.5 Å². The summed E-state index contributed by atoms with van der Waals surface area (Å²) in [6, 6.07) is 2.58. The van der Waals surface area contributed by atoms with Crippen LogP contribution in [0.5, 0.6) is 11.5 Å². The van der Waals surface area contributed by atoms with Crippen molar-refractivity contribution in [1.82, 2.24) is 0 Å². The standard InChI is InChI=1S/C9H11ClFNO2/c1-14-9-2-5(7(11)4-12)6(10)3-8(9)13/h2-3,7,13H,4,12H2,1H3. The smallest absolute Gasteiger partial charge is 0.160 e. The molecule has 5 heteroatoms. The maximum atomic E-state index is 13.2. The Morgan fingerprint density at radius 3 is 2.79 bits per heavy atom. The lowest BCUT2D eigenvalue weighted by molar-refractivity contribution is 0.345. The summed E-state index contributed by atoms with van der Waals surface area (Å²) >= 11 is 5.72. The Morgan fingerprint density at radius 1 is 1.64 bits per heavy atom. The minimum absolute atomic E-state index is 0.120. The first-order valence-corrected chi connectivity index (χ1v) is 4.38. The summed E-state index contributed by atoms with van der Waals surface area (Å²) in [5.41, 5.74) is 5.39. The number of phenolic OH excluding ortho intramolecular Hbond substituents is 1. The maximum Gasteiger partial charge on any atom is 0.160 e. The third kappa shape index (κ3) is 2.08. The van der Waals surface area contributed by atoms with Crippen molar-refractivity contribution < 1.29 is 14.2 Å². The predicted molar refractivity (Wildman–Crippen MR) is 52.6 cm³/mol. The van der Waals surface area contributed by atoms with Crippen molar-refractivity contribution in [3.05, 3.63) is 22.7 Å². The zero-order valence-corrected chi connectivity index (χ0v) is 8.38. The molecule has 0 aliphatic rings. The number of phenols is 1. The normalized spacial score (nSPS) is 12.6. The van der Waals surface area contributed by atoms with Gasteiger partial charge in [0.15, 0.2) is 11.5 Å². The van der Waals surface area contributed by atoms with Crippen LogP contribution in [-0.2, 0) is 0 Å². The average molecular weight is 220 g/mol. The van der Waals surface area contributed by atoms with Gasteiger partial charge in [0.1, 0.15) is 6.17 Å². The van der Waals surface area contributed by atoms with E-state index in [4.69, 9.17) is 22.1 Å². The van der Waals surface area contributed by atoms with Gasteiger partial charge in [-0.3, -0.25) is 0 Å². The molecule has 0 aliphatic carbocycles. The van der Waals surface area contributed by atoms with E-state index in [0.717, 1.165) is 0 Å². The van der Waals surface area contributed by atoms with Gasteiger partial charge in [-0.05, 0) is 6.07 Å². The molecule has 0 saturated carbocycles. The lowest BCUT2D eigenvalue weighted by Gasteiger charge is -2.11. The van der Waals surface area contributed by atoms with Gasteiger partial charge in [-0.15, -0.1) is 0 Å². The SMILES string of the molecule is COc1cc(C(F)CN)c(Cl)cc1O. The number of aromatic hydroxyl groups is 1. The first kappa shape index (κ1) is 11.1. The Kier molecular flexibility index (Phi) is 3.55. The summed E-state index contributed by atoms with van der Waals surface area (Å²) in [6.45, 7) is -0.159. The number of ether oxygens (including phenoxy) is 1. The lowest BCUT2D eigenvalue weighted by atomic mass is 10.1. The first-order valence-electron chi connectivity index (χ1n) is 4.00. The Labute approximate surface area is 86.2 Å². The number of nitrogens with two attached hydrogens (primary N) is 1. The fraction of sp³-hybridized carbons (Fsp3) is 0.333. The van der Waals surface area contributed by atoms with Crippen LogP contribution in [0, 0.1) is 0 Å². The van der Waals surface area contributed by atoms with Gasteiger partial charge < -0.3 is 15.6 Å². The number of hydrogen-bond acceptors (Lipinski definition) is 3. The van der Waals surface area contributed by atoms with Gasteiger partial charge in [0.25, 0.3) is 0 Å². The summed E-state index contributed by atoms with van der Waals surface area (Å²) in [5, 5.41) is 9.45. The van der Waals surface area contributed by atoms with E-state index in [1.165, 1.54) is 19.2 Å². The van der Waals surface area contributed by atoms with Crippen molar-refractivity contribution in [2.45, 2.75) is 6.17 Å². The van der Waals surface area contributed by atoms with Crippen LogP contribution in [0.1, 0.15) is 11.7 Å². The van der Waals surface area contributed by atoms with Gasteiger partial charge in [0.05, 0.1) is 12.1 Å². The number of hydrogen-bond donors (Lipinski definition) is 2. The molecule has 14 heavy (non-hydrogen) atoms. The monoisotopic (exact) mass is 219 g/mol. The van der Waals surface area contributed by atoms with Crippen LogP contribution in [0.3, 0.4) is 0 Å². The molecule has 0 fully saturated rings. The molecule has 0 aromatic heterocycles. The Morgan fingerprint density at radius 2 is 2.29 bits per heavy atom. The van der Waals surface area contributed by atoms with Crippen molar-refractivity contribution in [3.63, 3.8) is 0 Å². The van der Waals surface area contributed by atoms with Crippen molar-refractivity contribution in [3.8, 4) is 11.5 Å². The number of halogens is 2. The summed E-state index contributed by atoms with van der Waals surface area (Å²) in [5.74, 6) is 0.0611. The van der Waals surface area contributed by atoms with Gasteiger partial charge in [0, 0.05) is 18.2 Å². The second kappa shape index (κ2) is 4.48. The predicted octanol–water partition coefficient (Wildman–Crippen LogP) is 2.02. The van der Waals surface area contributed by atoms with Gasteiger partial charge >= 0.3 is 0 Å². The zero-order chi connectivity index (χ0) is 10.7. The van der Waals surface area contributed by atoms with E-state index in [1.54, 1.807) is 0 Å². The van der Waals surface area contributed by atoms with E-state index in [2.05, 4.69) is 0 Å². The van der Waals surface area contributed by atoms with Crippen LogP contribution < -0.4 is 10.5 Å². The summed E-state index contributed by atoms with van der Waals surface area (Å²) in [6.07, 6.45) is -1.35. The molecule has 0 bridgehead atoms. The zero-order valence-electron chi connectivity index (χ0n) is 7.63. The number of rotatable bonds is 3. The number of methoxy groups -OCH3 is 1. The molecule has 1 aromatic carbocycles. The molecular formula is C9H11ClFNO2. The van der Waals surface area contributed by atoms with Gasteiger partial charge in [-0.25, -0.2) is 4.39 Å². The molecule has 3 N–H and O–H groups in total.